The normalized spacial score (nSPS) is 10.9. The summed E-state index contributed by atoms with van der Waals surface area (Å²) in [7, 11) is 0. The van der Waals surface area contributed by atoms with E-state index in [0.717, 1.165) is 0 Å². The molecular formula is C17H28N2O4. The van der Waals surface area contributed by atoms with Crippen LogP contribution in [0.1, 0.15) is 41.5 Å². The van der Waals surface area contributed by atoms with Gasteiger partial charge in [-0.15, -0.1) is 0 Å². The summed E-state index contributed by atoms with van der Waals surface area (Å²) in [6.07, 6.45) is 0. The van der Waals surface area contributed by atoms with Crippen molar-refractivity contribution < 1.29 is 19.0 Å². The Labute approximate surface area is 138 Å². The average Bonchev–Trinajstić information content (AvgIpc) is 2.41. The zero-order chi connectivity index (χ0) is 17.5. The van der Waals surface area contributed by atoms with Gasteiger partial charge < -0.3 is 24.8 Å². The van der Waals surface area contributed by atoms with Crippen molar-refractivity contribution in [1.29, 1.82) is 0 Å². The highest BCUT2D eigenvalue weighted by molar-refractivity contribution is 5.90. The Kier molecular flexibility index (Phi) is 7.00. The summed E-state index contributed by atoms with van der Waals surface area (Å²) in [5.74, 6) is 1.65. The molecule has 23 heavy (non-hydrogen) atoms. The lowest BCUT2D eigenvalue weighted by Gasteiger charge is -2.22. The Morgan fingerprint density at radius 2 is 1.43 bits per heavy atom. The fourth-order valence-corrected chi connectivity index (χ4v) is 1.96. The molecule has 0 radical (unpaired) electrons. The van der Waals surface area contributed by atoms with Crippen molar-refractivity contribution in [1.82, 2.24) is 5.32 Å². The molecule has 2 amide bonds. The molecule has 1 rings (SSSR count). The average molecular weight is 324 g/mol. The molecule has 0 saturated carbocycles. The quantitative estimate of drug-likeness (QED) is 0.800. The van der Waals surface area contributed by atoms with Crippen molar-refractivity contribution in [3.05, 3.63) is 12.1 Å². The predicted molar refractivity (Wildman–Crippen MR) is 91.9 cm³/mol. The Hall–Kier alpha value is -2.11. The second-order valence-electron chi connectivity index (χ2n) is 5.93. The van der Waals surface area contributed by atoms with E-state index in [1.807, 2.05) is 41.5 Å². The molecule has 1 aromatic rings. The molecule has 0 atom stereocenters. The minimum Gasteiger partial charge on any atom is -0.490 e. The van der Waals surface area contributed by atoms with Crippen molar-refractivity contribution in [3.8, 4) is 17.2 Å². The van der Waals surface area contributed by atoms with E-state index in [0.29, 0.717) is 42.8 Å². The molecule has 0 unspecified atom stereocenters. The van der Waals surface area contributed by atoms with Crippen molar-refractivity contribution >= 4 is 11.7 Å². The van der Waals surface area contributed by atoms with Gasteiger partial charge in [0.2, 0.25) is 5.75 Å². The molecule has 0 bridgehead atoms. The number of hydrogen-bond acceptors (Lipinski definition) is 4. The fraction of sp³-hybridized carbons (Fsp3) is 0.588. The zero-order valence-electron chi connectivity index (χ0n) is 14.9. The summed E-state index contributed by atoms with van der Waals surface area (Å²) in [6, 6.07) is 3.19. The molecule has 130 valence electrons. The number of hydrogen-bond donors (Lipinski definition) is 2. The van der Waals surface area contributed by atoms with Crippen molar-refractivity contribution in [2.75, 3.05) is 25.1 Å². The van der Waals surface area contributed by atoms with Crippen molar-refractivity contribution in [2.45, 2.75) is 47.1 Å². The Balaban J connectivity index is 3.10. The first-order valence-corrected chi connectivity index (χ1v) is 7.96. The van der Waals surface area contributed by atoms with Crippen molar-refractivity contribution in [2.24, 2.45) is 0 Å². The van der Waals surface area contributed by atoms with E-state index < -0.39 is 0 Å². The molecular weight excluding hydrogens is 296 g/mol. The molecule has 0 fully saturated rings. The molecule has 0 heterocycles. The van der Waals surface area contributed by atoms with Crippen LogP contribution in [0.4, 0.5) is 10.5 Å². The third-order valence-corrected chi connectivity index (χ3v) is 2.66. The van der Waals surface area contributed by atoms with Gasteiger partial charge in [0.25, 0.3) is 0 Å². The second kappa shape index (κ2) is 8.50. The van der Waals surface area contributed by atoms with Gasteiger partial charge in [0.05, 0.1) is 25.5 Å². The summed E-state index contributed by atoms with van der Waals surface area (Å²) in [5.41, 5.74) is 0.267. The summed E-state index contributed by atoms with van der Waals surface area (Å²) < 4.78 is 16.9. The van der Waals surface area contributed by atoms with Crippen molar-refractivity contribution in [3.63, 3.8) is 0 Å². The molecule has 0 saturated heterocycles. The van der Waals surface area contributed by atoms with Gasteiger partial charge in [0.1, 0.15) is 0 Å². The number of benzene rings is 1. The number of carbonyl (C=O) groups is 1. The Morgan fingerprint density at radius 1 is 0.957 bits per heavy atom. The first-order valence-electron chi connectivity index (χ1n) is 7.96. The fourth-order valence-electron chi connectivity index (χ4n) is 1.96. The maximum atomic E-state index is 12.0. The van der Waals surface area contributed by atoms with Gasteiger partial charge in [-0.25, -0.2) is 4.79 Å². The molecule has 0 spiro atoms. The van der Waals surface area contributed by atoms with Crippen LogP contribution in [0.3, 0.4) is 0 Å². The monoisotopic (exact) mass is 324 g/mol. The number of carbonyl (C=O) groups excluding carboxylic acids is 1. The van der Waals surface area contributed by atoms with Gasteiger partial charge >= 0.3 is 6.03 Å². The van der Waals surface area contributed by atoms with E-state index >= 15 is 0 Å². The van der Waals surface area contributed by atoms with Crippen LogP contribution in [0.2, 0.25) is 0 Å². The first kappa shape index (κ1) is 18.9. The molecule has 0 aliphatic rings. The summed E-state index contributed by atoms with van der Waals surface area (Å²) in [6.45, 7) is 12.9. The van der Waals surface area contributed by atoms with Gasteiger partial charge in [-0.05, 0) is 41.5 Å². The summed E-state index contributed by atoms with van der Waals surface area (Å²) in [5, 5.41) is 5.65. The molecule has 1 aromatic carbocycles. The number of amides is 2. The molecule has 0 aliphatic carbocycles. The minimum atomic E-state index is -0.319. The van der Waals surface area contributed by atoms with Crippen LogP contribution < -0.4 is 24.8 Å². The van der Waals surface area contributed by atoms with Gasteiger partial charge in [-0.2, -0.15) is 0 Å². The van der Waals surface area contributed by atoms with E-state index in [1.165, 1.54) is 0 Å². The van der Waals surface area contributed by atoms with Gasteiger partial charge in [-0.1, -0.05) is 0 Å². The largest absolute Gasteiger partial charge is 0.490 e. The van der Waals surface area contributed by atoms with E-state index in [-0.39, 0.29) is 11.6 Å². The number of anilines is 1. The maximum Gasteiger partial charge on any atom is 0.319 e. The molecule has 2 N–H and O–H groups in total. The standard InChI is InChI=1S/C17H28N2O4/c1-7-21-13-10-12(18-16(20)19-17(4,5)6)11-14(22-8-2)15(13)23-9-3/h10-11H,7-9H2,1-6H3,(H2,18,19,20). The highest BCUT2D eigenvalue weighted by Gasteiger charge is 2.18. The molecule has 0 aliphatic heterocycles. The maximum absolute atomic E-state index is 12.0. The first-order chi connectivity index (χ1) is 10.8. The zero-order valence-corrected chi connectivity index (χ0v) is 14.9. The smallest absolute Gasteiger partial charge is 0.319 e. The van der Waals surface area contributed by atoms with Crippen LogP contribution in [0.15, 0.2) is 12.1 Å². The van der Waals surface area contributed by atoms with Crippen LogP contribution in [-0.2, 0) is 0 Å². The molecule has 0 aromatic heterocycles. The highest BCUT2D eigenvalue weighted by Crippen LogP contribution is 2.40. The number of ether oxygens (including phenoxy) is 3. The van der Waals surface area contributed by atoms with E-state index in [1.54, 1.807) is 12.1 Å². The Morgan fingerprint density at radius 3 is 1.83 bits per heavy atom. The topological polar surface area (TPSA) is 68.8 Å². The number of urea groups is 1. The van der Waals surface area contributed by atoms with E-state index in [9.17, 15) is 4.79 Å². The molecule has 6 heteroatoms. The Bertz CT molecular complexity index is 497. The van der Waals surface area contributed by atoms with Crippen LogP contribution >= 0.6 is 0 Å². The minimum absolute atomic E-state index is 0.286. The molecule has 6 nitrogen and oxygen atoms in total. The summed E-state index contributed by atoms with van der Waals surface area (Å²) in [4.78, 5) is 12.0. The van der Waals surface area contributed by atoms with E-state index in [2.05, 4.69) is 10.6 Å². The third kappa shape index (κ3) is 6.26. The van der Waals surface area contributed by atoms with Gasteiger partial charge in [0.15, 0.2) is 11.5 Å². The van der Waals surface area contributed by atoms with Crippen LogP contribution in [0.25, 0.3) is 0 Å². The lowest BCUT2D eigenvalue weighted by Crippen LogP contribution is -2.43. The lowest BCUT2D eigenvalue weighted by atomic mass is 10.1. The van der Waals surface area contributed by atoms with Crippen LogP contribution in [-0.4, -0.2) is 31.4 Å². The predicted octanol–water partition coefficient (Wildman–Crippen LogP) is 3.80. The van der Waals surface area contributed by atoms with Crippen LogP contribution in [0.5, 0.6) is 17.2 Å². The van der Waals surface area contributed by atoms with Gasteiger partial charge in [0, 0.05) is 17.7 Å². The SMILES string of the molecule is CCOc1cc(NC(=O)NC(C)(C)C)cc(OCC)c1OCC. The third-order valence-electron chi connectivity index (χ3n) is 2.66. The van der Waals surface area contributed by atoms with Gasteiger partial charge in [-0.3, -0.25) is 0 Å². The lowest BCUT2D eigenvalue weighted by molar-refractivity contribution is 0.243. The summed E-state index contributed by atoms with van der Waals surface area (Å²) >= 11 is 0. The number of rotatable bonds is 7. The second-order valence-corrected chi connectivity index (χ2v) is 5.93. The van der Waals surface area contributed by atoms with Crippen LogP contribution in [0, 0.1) is 0 Å². The number of nitrogens with one attached hydrogen (secondary N) is 2. The highest BCUT2D eigenvalue weighted by atomic mass is 16.5. The van der Waals surface area contributed by atoms with E-state index in [4.69, 9.17) is 14.2 Å².